The number of rotatable bonds is 5. The van der Waals surface area contributed by atoms with E-state index in [9.17, 15) is 0 Å². The molecule has 1 unspecified atom stereocenters. The summed E-state index contributed by atoms with van der Waals surface area (Å²) in [6.07, 6.45) is 5.43. The van der Waals surface area contributed by atoms with Crippen LogP contribution in [0, 0.1) is 0 Å². The van der Waals surface area contributed by atoms with Gasteiger partial charge in [-0.1, -0.05) is 20.3 Å². The first-order valence-corrected chi connectivity index (χ1v) is 9.27. The van der Waals surface area contributed by atoms with Gasteiger partial charge in [0.1, 0.15) is 12.1 Å². The lowest BCUT2D eigenvalue weighted by molar-refractivity contribution is 0.187. The van der Waals surface area contributed by atoms with Crippen molar-refractivity contribution in [3.63, 3.8) is 0 Å². The molecule has 1 fully saturated rings. The van der Waals surface area contributed by atoms with Gasteiger partial charge in [0.25, 0.3) is 0 Å². The summed E-state index contributed by atoms with van der Waals surface area (Å²) in [5.41, 5.74) is 2.64. The van der Waals surface area contributed by atoms with E-state index in [1.807, 2.05) is 0 Å². The monoisotopic (exact) mass is 317 g/mol. The second kappa shape index (κ2) is 7.58. The minimum absolute atomic E-state index is 0.708. The summed E-state index contributed by atoms with van der Waals surface area (Å²) in [5.74, 6) is 1.20. The molecule has 3 rings (SSSR count). The van der Waals surface area contributed by atoms with Gasteiger partial charge in [-0.3, -0.25) is 9.80 Å². The Balaban J connectivity index is 1.67. The SMILES string of the molecule is CCCC(C)N1CCN(c2ncnc3c2CCN(CC)C3)CC1. The smallest absolute Gasteiger partial charge is 0.135 e. The lowest BCUT2D eigenvalue weighted by Gasteiger charge is -2.40. The van der Waals surface area contributed by atoms with Crippen molar-refractivity contribution in [3.8, 4) is 0 Å². The van der Waals surface area contributed by atoms with E-state index in [0.29, 0.717) is 6.04 Å². The molecule has 2 aliphatic rings. The van der Waals surface area contributed by atoms with Crippen molar-refractivity contribution >= 4 is 5.82 Å². The summed E-state index contributed by atoms with van der Waals surface area (Å²) in [6, 6.07) is 0.708. The molecule has 1 aromatic heterocycles. The van der Waals surface area contributed by atoms with Crippen molar-refractivity contribution in [2.24, 2.45) is 0 Å². The Bertz CT molecular complexity index is 510. The van der Waals surface area contributed by atoms with Gasteiger partial charge < -0.3 is 4.90 Å². The maximum absolute atomic E-state index is 4.65. The van der Waals surface area contributed by atoms with Crippen molar-refractivity contribution in [2.45, 2.75) is 52.6 Å². The molecule has 0 aliphatic carbocycles. The predicted molar refractivity (Wildman–Crippen MR) is 94.8 cm³/mol. The fourth-order valence-corrected chi connectivity index (χ4v) is 3.91. The highest BCUT2D eigenvalue weighted by molar-refractivity contribution is 5.50. The van der Waals surface area contributed by atoms with Crippen LogP contribution in [0.25, 0.3) is 0 Å². The normalized spacial score (nSPS) is 21.3. The van der Waals surface area contributed by atoms with E-state index < -0.39 is 0 Å². The maximum Gasteiger partial charge on any atom is 0.135 e. The van der Waals surface area contributed by atoms with Crippen LogP contribution in [0.5, 0.6) is 0 Å². The quantitative estimate of drug-likeness (QED) is 0.832. The van der Waals surface area contributed by atoms with Gasteiger partial charge in [-0.2, -0.15) is 0 Å². The highest BCUT2D eigenvalue weighted by atomic mass is 15.3. The molecule has 0 amide bonds. The lowest BCUT2D eigenvalue weighted by atomic mass is 10.0. The highest BCUT2D eigenvalue weighted by Crippen LogP contribution is 2.26. The third-order valence-electron chi connectivity index (χ3n) is 5.45. The summed E-state index contributed by atoms with van der Waals surface area (Å²) in [5, 5.41) is 0. The zero-order chi connectivity index (χ0) is 16.2. The van der Waals surface area contributed by atoms with Crippen LogP contribution < -0.4 is 4.90 Å². The lowest BCUT2D eigenvalue weighted by Crippen LogP contribution is -2.50. The van der Waals surface area contributed by atoms with Crippen LogP contribution in [-0.4, -0.2) is 65.1 Å². The molecule has 3 heterocycles. The molecular formula is C18H31N5. The van der Waals surface area contributed by atoms with Gasteiger partial charge in [0.15, 0.2) is 0 Å². The van der Waals surface area contributed by atoms with Crippen molar-refractivity contribution in [1.29, 1.82) is 0 Å². The fourth-order valence-electron chi connectivity index (χ4n) is 3.91. The van der Waals surface area contributed by atoms with Crippen LogP contribution in [0.1, 0.15) is 44.9 Å². The minimum Gasteiger partial charge on any atom is -0.354 e. The molecule has 1 saturated heterocycles. The van der Waals surface area contributed by atoms with Gasteiger partial charge in [-0.15, -0.1) is 0 Å². The summed E-state index contributed by atoms with van der Waals surface area (Å²) < 4.78 is 0. The second-order valence-electron chi connectivity index (χ2n) is 6.90. The average Bonchev–Trinajstić information content (AvgIpc) is 2.61. The number of likely N-dealkylation sites (N-methyl/N-ethyl adjacent to an activating group) is 1. The van der Waals surface area contributed by atoms with E-state index in [0.717, 1.165) is 52.2 Å². The van der Waals surface area contributed by atoms with E-state index in [1.165, 1.54) is 29.9 Å². The molecule has 1 aromatic rings. The molecule has 0 saturated carbocycles. The van der Waals surface area contributed by atoms with Gasteiger partial charge in [0.05, 0.1) is 5.69 Å². The van der Waals surface area contributed by atoms with E-state index >= 15 is 0 Å². The summed E-state index contributed by atoms with van der Waals surface area (Å²) >= 11 is 0. The van der Waals surface area contributed by atoms with Crippen LogP contribution in [0.3, 0.4) is 0 Å². The Hall–Kier alpha value is -1.20. The molecule has 5 nitrogen and oxygen atoms in total. The first-order valence-electron chi connectivity index (χ1n) is 9.27. The van der Waals surface area contributed by atoms with Crippen LogP contribution in [0.2, 0.25) is 0 Å². The van der Waals surface area contributed by atoms with Crippen molar-refractivity contribution in [2.75, 3.05) is 44.2 Å². The van der Waals surface area contributed by atoms with Gasteiger partial charge >= 0.3 is 0 Å². The first-order chi connectivity index (χ1) is 11.2. The molecule has 0 bridgehead atoms. The molecule has 0 N–H and O–H groups in total. The number of hydrogen-bond acceptors (Lipinski definition) is 5. The van der Waals surface area contributed by atoms with E-state index in [4.69, 9.17) is 0 Å². The summed E-state index contributed by atoms with van der Waals surface area (Å²) in [7, 11) is 0. The second-order valence-corrected chi connectivity index (χ2v) is 6.90. The Morgan fingerprint density at radius 1 is 1.09 bits per heavy atom. The maximum atomic E-state index is 4.65. The molecule has 0 aromatic carbocycles. The third-order valence-corrected chi connectivity index (χ3v) is 5.45. The largest absolute Gasteiger partial charge is 0.354 e. The fraction of sp³-hybridized carbons (Fsp3) is 0.778. The number of anilines is 1. The van der Waals surface area contributed by atoms with Gasteiger partial charge in [-0.25, -0.2) is 9.97 Å². The van der Waals surface area contributed by atoms with Gasteiger partial charge in [-0.05, 0) is 26.3 Å². The molecule has 2 aliphatic heterocycles. The first kappa shape index (κ1) is 16.7. The Kier molecular flexibility index (Phi) is 5.49. The zero-order valence-electron chi connectivity index (χ0n) is 15.0. The standard InChI is InChI=1S/C18H31N5/c1-4-6-15(3)22-9-11-23(12-10-22)18-16-7-8-21(5-2)13-17(16)19-14-20-18/h14-15H,4-13H2,1-3H3. The molecule has 128 valence electrons. The van der Waals surface area contributed by atoms with Crippen molar-refractivity contribution in [1.82, 2.24) is 19.8 Å². The number of aromatic nitrogens is 2. The number of nitrogens with zero attached hydrogens (tertiary/aromatic N) is 5. The Morgan fingerprint density at radius 3 is 2.57 bits per heavy atom. The molecule has 0 radical (unpaired) electrons. The van der Waals surface area contributed by atoms with Gasteiger partial charge in [0.2, 0.25) is 0 Å². The van der Waals surface area contributed by atoms with E-state index in [-0.39, 0.29) is 0 Å². The summed E-state index contributed by atoms with van der Waals surface area (Å²) in [4.78, 5) is 16.8. The molecular weight excluding hydrogens is 286 g/mol. The van der Waals surface area contributed by atoms with Crippen LogP contribution in [-0.2, 0) is 13.0 Å². The average molecular weight is 317 g/mol. The molecule has 23 heavy (non-hydrogen) atoms. The third kappa shape index (κ3) is 3.66. The van der Waals surface area contributed by atoms with E-state index in [2.05, 4.69) is 45.4 Å². The minimum atomic E-state index is 0.708. The van der Waals surface area contributed by atoms with Gasteiger partial charge in [0, 0.05) is 50.9 Å². The van der Waals surface area contributed by atoms with Crippen LogP contribution >= 0.6 is 0 Å². The number of hydrogen-bond donors (Lipinski definition) is 0. The predicted octanol–water partition coefficient (Wildman–Crippen LogP) is 2.17. The molecule has 0 spiro atoms. The van der Waals surface area contributed by atoms with Crippen LogP contribution in [0.15, 0.2) is 6.33 Å². The highest BCUT2D eigenvalue weighted by Gasteiger charge is 2.26. The van der Waals surface area contributed by atoms with Crippen molar-refractivity contribution in [3.05, 3.63) is 17.6 Å². The summed E-state index contributed by atoms with van der Waals surface area (Å²) in [6.45, 7) is 14.6. The van der Waals surface area contributed by atoms with Crippen LogP contribution in [0.4, 0.5) is 5.82 Å². The zero-order valence-corrected chi connectivity index (χ0v) is 15.0. The van der Waals surface area contributed by atoms with Crippen molar-refractivity contribution < 1.29 is 0 Å². The Morgan fingerprint density at radius 2 is 1.87 bits per heavy atom. The number of piperazine rings is 1. The molecule has 5 heteroatoms. The van der Waals surface area contributed by atoms with E-state index in [1.54, 1.807) is 6.33 Å². The number of fused-ring (bicyclic) bond motifs is 1. The topological polar surface area (TPSA) is 35.5 Å². The molecule has 1 atom stereocenters. The Labute approximate surface area is 140 Å².